The summed E-state index contributed by atoms with van der Waals surface area (Å²) in [5.74, 6) is 0.922. The molecule has 4 rings (SSSR count). The van der Waals surface area contributed by atoms with Gasteiger partial charge in [0.05, 0.1) is 26.7 Å². The van der Waals surface area contributed by atoms with Crippen molar-refractivity contribution < 1.29 is 23.8 Å². The van der Waals surface area contributed by atoms with E-state index in [2.05, 4.69) is 30.1 Å². The molecule has 1 unspecified atom stereocenters. The normalized spacial score (nSPS) is 15.1. The summed E-state index contributed by atoms with van der Waals surface area (Å²) in [7, 11) is 3.24. The van der Waals surface area contributed by atoms with Gasteiger partial charge >= 0.3 is 5.97 Å². The van der Waals surface area contributed by atoms with Crippen LogP contribution in [0.15, 0.2) is 42.6 Å². The topological polar surface area (TPSA) is 80.9 Å². The monoisotopic (exact) mass is 492 g/mol. The van der Waals surface area contributed by atoms with Crippen LogP contribution in [0.2, 0.25) is 0 Å². The smallest absolute Gasteiger partial charge is 0.309 e. The van der Waals surface area contributed by atoms with Gasteiger partial charge in [-0.25, -0.2) is 0 Å². The largest absolute Gasteiger partial charge is 0.493 e. The van der Waals surface area contributed by atoms with Crippen LogP contribution >= 0.6 is 0 Å². The van der Waals surface area contributed by atoms with Crippen molar-refractivity contribution in [2.75, 3.05) is 33.9 Å². The first-order valence-corrected chi connectivity index (χ1v) is 12.8. The average Bonchev–Trinajstić information content (AvgIpc) is 3.35. The third-order valence-electron chi connectivity index (χ3n) is 7.25. The number of hydrogen-bond acceptors (Lipinski definition) is 5. The summed E-state index contributed by atoms with van der Waals surface area (Å²) < 4.78 is 16.2. The van der Waals surface area contributed by atoms with Crippen LogP contribution in [-0.4, -0.2) is 55.7 Å². The average molecular weight is 493 g/mol. The number of aromatic amines is 1. The molecule has 1 N–H and O–H groups in total. The number of rotatable bonds is 9. The number of hydrogen-bond donors (Lipinski definition) is 1. The molecule has 0 saturated carbocycles. The summed E-state index contributed by atoms with van der Waals surface area (Å²) in [4.78, 5) is 31.0. The molecule has 2 heterocycles. The number of likely N-dealkylation sites (tertiary alicyclic amines) is 1. The molecule has 0 bridgehead atoms. The highest BCUT2D eigenvalue weighted by Crippen LogP contribution is 2.39. The fourth-order valence-electron chi connectivity index (χ4n) is 5.23. The molecule has 0 aliphatic carbocycles. The second-order valence-corrected chi connectivity index (χ2v) is 9.22. The lowest BCUT2D eigenvalue weighted by molar-refractivity contribution is -0.151. The first kappa shape index (κ1) is 25.6. The van der Waals surface area contributed by atoms with Gasteiger partial charge in [0.2, 0.25) is 5.91 Å². The molecule has 1 amide bonds. The molecule has 2 aromatic carbocycles. The van der Waals surface area contributed by atoms with Gasteiger partial charge < -0.3 is 24.1 Å². The van der Waals surface area contributed by atoms with E-state index in [0.29, 0.717) is 50.5 Å². The van der Waals surface area contributed by atoms with E-state index in [1.807, 2.05) is 36.2 Å². The van der Waals surface area contributed by atoms with Crippen molar-refractivity contribution in [1.29, 1.82) is 0 Å². The summed E-state index contributed by atoms with van der Waals surface area (Å²) >= 11 is 0. The number of carbonyl (C=O) groups excluding carboxylic acids is 2. The molecular formula is C29H36N2O5. The van der Waals surface area contributed by atoms with Crippen molar-refractivity contribution in [1.82, 2.24) is 9.88 Å². The minimum atomic E-state index is -0.166. The maximum atomic E-state index is 13.6. The third-order valence-corrected chi connectivity index (χ3v) is 7.25. The molecule has 1 aliphatic heterocycles. The van der Waals surface area contributed by atoms with E-state index < -0.39 is 0 Å². The summed E-state index contributed by atoms with van der Waals surface area (Å²) in [5, 5.41) is 1.13. The molecule has 1 fully saturated rings. The molecule has 1 aliphatic rings. The SMILES string of the molecule is CCOC(=O)C1CCN(C(=O)CC(c2ccc(OC)c(OC)c2)c2c[nH]c3c(CC)cccc23)CC1. The van der Waals surface area contributed by atoms with Crippen molar-refractivity contribution in [3.8, 4) is 11.5 Å². The van der Waals surface area contributed by atoms with Crippen LogP contribution in [0.3, 0.4) is 0 Å². The first-order chi connectivity index (χ1) is 17.5. The number of fused-ring (bicyclic) bond motifs is 1. The van der Waals surface area contributed by atoms with Crippen molar-refractivity contribution in [2.45, 2.75) is 45.4 Å². The van der Waals surface area contributed by atoms with E-state index in [1.165, 1.54) is 5.56 Å². The van der Waals surface area contributed by atoms with Gasteiger partial charge in [-0.1, -0.05) is 31.2 Å². The maximum Gasteiger partial charge on any atom is 0.309 e. The predicted octanol–water partition coefficient (Wildman–Crippen LogP) is 5.07. The zero-order chi connectivity index (χ0) is 25.7. The molecule has 7 heteroatoms. The van der Waals surface area contributed by atoms with E-state index in [1.54, 1.807) is 14.2 Å². The van der Waals surface area contributed by atoms with Gasteiger partial charge in [-0.05, 0) is 55.0 Å². The Balaban J connectivity index is 1.64. The minimum absolute atomic E-state index is 0.0816. The Kier molecular flexibility index (Phi) is 8.18. The van der Waals surface area contributed by atoms with Crippen molar-refractivity contribution in [3.05, 3.63) is 59.3 Å². The molecule has 0 spiro atoms. The quantitative estimate of drug-likeness (QED) is 0.422. The van der Waals surface area contributed by atoms with E-state index in [9.17, 15) is 9.59 Å². The summed E-state index contributed by atoms with van der Waals surface area (Å²) in [6, 6.07) is 12.2. The molecule has 1 aromatic heterocycles. The molecule has 0 radical (unpaired) electrons. The fourth-order valence-corrected chi connectivity index (χ4v) is 5.23. The zero-order valence-corrected chi connectivity index (χ0v) is 21.6. The Hall–Kier alpha value is -3.48. The van der Waals surface area contributed by atoms with E-state index >= 15 is 0 Å². The van der Waals surface area contributed by atoms with Gasteiger partial charge in [0, 0.05) is 42.5 Å². The Labute approximate surface area is 212 Å². The Morgan fingerprint density at radius 2 is 1.81 bits per heavy atom. The number of esters is 1. The summed E-state index contributed by atoms with van der Waals surface area (Å²) in [6.07, 6.45) is 4.55. The number of aryl methyl sites for hydroxylation is 1. The predicted molar refractivity (Wildman–Crippen MR) is 140 cm³/mol. The lowest BCUT2D eigenvalue weighted by Gasteiger charge is -2.32. The highest BCUT2D eigenvalue weighted by atomic mass is 16.5. The summed E-state index contributed by atoms with van der Waals surface area (Å²) in [6.45, 7) is 5.47. The van der Waals surface area contributed by atoms with E-state index in [4.69, 9.17) is 14.2 Å². The van der Waals surface area contributed by atoms with Crippen LogP contribution in [0.25, 0.3) is 10.9 Å². The second-order valence-electron chi connectivity index (χ2n) is 9.22. The number of benzene rings is 2. The van der Waals surface area contributed by atoms with Gasteiger partial charge in [-0.3, -0.25) is 9.59 Å². The Morgan fingerprint density at radius 3 is 2.47 bits per heavy atom. The molecular weight excluding hydrogens is 456 g/mol. The number of nitrogens with one attached hydrogen (secondary N) is 1. The number of nitrogens with zero attached hydrogens (tertiary/aromatic N) is 1. The van der Waals surface area contributed by atoms with Crippen molar-refractivity contribution in [2.24, 2.45) is 5.92 Å². The van der Waals surface area contributed by atoms with Gasteiger partial charge in [-0.2, -0.15) is 0 Å². The lowest BCUT2D eigenvalue weighted by Crippen LogP contribution is -2.41. The number of methoxy groups -OCH3 is 2. The standard InChI is InChI=1S/C29H36N2O5/c1-5-19-8-7-9-22-24(18-30-28(19)22)23(21-10-11-25(34-3)26(16-21)35-4)17-27(32)31-14-12-20(13-15-31)29(33)36-6-2/h7-11,16,18,20,23,30H,5-6,12-15,17H2,1-4H3. The highest BCUT2D eigenvalue weighted by Gasteiger charge is 2.31. The number of aromatic nitrogens is 1. The Morgan fingerprint density at radius 1 is 1.06 bits per heavy atom. The van der Waals surface area contributed by atoms with Crippen LogP contribution in [0.1, 0.15) is 55.7 Å². The zero-order valence-electron chi connectivity index (χ0n) is 21.6. The number of amides is 1. The second kappa shape index (κ2) is 11.5. The molecule has 1 saturated heterocycles. The van der Waals surface area contributed by atoms with Crippen LogP contribution < -0.4 is 9.47 Å². The third kappa shape index (κ3) is 5.20. The number of carbonyl (C=O) groups is 2. The maximum absolute atomic E-state index is 13.6. The van der Waals surface area contributed by atoms with E-state index in [-0.39, 0.29) is 23.7 Å². The fraction of sp³-hybridized carbons (Fsp3) is 0.448. The molecule has 1 atom stereocenters. The lowest BCUT2D eigenvalue weighted by atomic mass is 9.86. The Bertz CT molecular complexity index is 1210. The highest BCUT2D eigenvalue weighted by molar-refractivity contribution is 5.88. The number of piperidine rings is 1. The first-order valence-electron chi connectivity index (χ1n) is 12.8. The van der Waals surface area contributed by atoms with Gasteiger partial charge in [0.25, 0.3) is 0 Å². The van der Waals surface area contributed by atoms with Crippen LogP contribution in [0.5, 0.6) is 11.5 Å². The number of para-hydroxylation sites is 1. The van der Waals surface area contributed by atoms with Crippen molar-refractivity contribution in [3.63, 3.8) is 0 Å². The molecule has 36 heavy (non-hydrogen) atoms. The molecule has 192 valence electrons. The van der Waals surface area contributed by atoms with Gasteiger partial charge in [0.1, 0.15) is 0 Å². The summed E-state index contributed by atoms with van der Waals surface area (Å²) in [5.41, 5.74) is 4.44. The van der Waals surface area contributed by atoms with Gasteiger partial charge in [-0.15, -0.1) is 0 Å². The van der Waals surface area contributed by atoms with E-state index in [0.717, 1.165) is 28.5 Å². The molecule has 3 aromatic rings. The minimum Gasteiger partial charge on any atom is -0.493 e. The number of H-pyrrole nitrogens is 1. The van der Waals surface area contributed by atoms with Crippen LogP contribution in [0, 0.1) is 5.92 Å². The number of ether oxygens (including phenoxy) is 3. The van der Waals surface area contributed by atoms with Gasteiger partial charge in [0.15, 0.2) is 11.5 Å². The van der Waals surface area contributed by atoms with Crippen LogP contribution in [0.4, 0.5) is 0 Å². The molecule has 7 nitrogen and oxygen atoms in total. The van der Waals surface area contributed by atoms with Crippen molar-refractivity contribution >= 4 is 22.8 Å². The van der Waals surface area contributed by atoms with Crippen LogP contribution in [-0.2, 0) is 20.7 Å².